The van der Waals surface area contributed by atoms with Crippen molar-refractivity contribution in [1.29, 1.82) is 0 Å². The molecule has 2 aromatic rings. The van der Waals surface area contributed by atoms with Crippen molar-refractivity contribution in [3.8, 4) is 0 Å². The molecule has 0 saturated carbocycles. The van der Waals surface area contributed by atoms with Crippen LogP contribution in [0.5, 0.6) is 0 Å². The summed E-state index contributed by atoms with van der Waals surface area (Å²) in [5.74, 6) is 0. The summed E-state index contributed by atoms with van der Waals surface area (Å²) in [6.07, 6.45) is 3.26. The molecule has 0 aliphatic carbocycles. The largest absolute Gasteiger partial charge is 0.310 e. The predicted molar refractivity (Wildman–Crippen MR) is 71.8 cm³/mol. The Morgan fingerprint density at radius 1 is 1.41 bits per heavy atom. The van der Waals surface area contributed by atoms with Crippen LogP contribution in [-0.2, 0) is 6.54 Å². The van der Waals surface area contributed by atoms with Crippen LogP contribution in [0.15, 0.2) is 39.9 Å². The van der Waals surface area contributed by atoms with E-state index in [4.69, 9.17) is 23.2 Å². The van der Waals surface area contributed by atoms with Gasteiger partial charge in [-0.25, -0.2) is 4.98 Å². The van der Waals surface area contributed by atoms with Gasteiger partial charge in [-0.15, -0.1) is 0 Å². The van der Waals surface area contributed by atoms with Crippen LogP contribution in [-0.4, -0.2) is 9.55 Å². The number of aromatic nitrogens is 2. The van der Waals surface area contributed by atoms with Crippen LogP contribution in [0, 0.1) is 0 Å². The van der Waals surface area contributed by atoms with Gasteiger partial charge in [0.05, 0.1) is 16.0 Å². The van der Waals surface area contributed by atoms with Crippen molar-refractivity contribution in [1.82, 2.24) is 9.55 Å². The van der Waals surface area contributed by atoms with Crippen LogP contribution in [0.2, 0.25) is 10.2 Å². The number of halogens is 3. The lowest BCUT2D eigenvalue weighted by molar-refractivity contribution is 0.752. The van der Waals surface area contributed by atoms with Crippen LogP contribution in [0.4, 0.5) is 0 Å². The van der Waals surface area contributed by atoms with E-state index in [1.54, 1.807) is 35.2 Å². The first-order valence-corrected chi connectivity index (χ1v) is 6.27. The zero-order valence-corrected chi connectivity index (χ0v) is 11.6. The van der Waals surface area contributed by atoms with Gasteiger partial charge in [0.25, 0.3) is 5.56 Å². The maximum Gasteiger partial charge on any atom is 0.265 e. The Bertz CT molecular complexity index is 613. The molecular formula is C11H7BrCl2N2O. The van der Waals surface area contributed by atoms with Crippen molar-refractivity contribution in [2.45, 2.75) is 6.54 Å². The summed E-state index contributed by atoms with van der Waals surface area (Å²) < 4.78 is 2.05. The second-order valence-corrected chi connectivity index (χ2v) is 5.04. The van der Waals surface area contributed by atoms with Gasteiger partial charge in [0.15, 0.2) is 0 Å². The number of nitrogens with zero attached hydrogens (tertiary/aromatic N) is 2. The highest BCUT2D eigenvalue weighted by molar-refractivity contribution is 9.10. The average Bonchev–Trinajstić information content (AvgIpc) is 2.28. The van der Waals surface area contributed by atoms with E-state index in [-0.39, 0.29) is 5.56 Å². The normalized spacial score (nSPS) is 10.5. The molecule has 0 radical (unpaired) electrons. The summed E-state index contributed by atoms with van der Waals surface area (Å²) in [7, 11) is 0. The molecule has 3 nitrogen and oxygen atoms in total. The zero-order valence-electron chi connectivity index (χ0n) is 8.53. The highest BCUT2D eigenvalue weighted by atomic mass is 79.9. The molecule has 6 heteroatoms. The van der Waals surface area contributed by atoms with Crippen molar-refractivity contribution in [2.75, 3.05) is 0 Å². The van der Waals surface area contributed by atoms with Crippen molar-refractivity contribution in [3.63, 3.8) is 0 Å². The first-order valence-electron chi connectivity index (χ1n) is 4.73. The lowest BCUT2D eigenvalue weighted by Crippen LogP contribution is -2.20. The van der Waals surface area contributed by atoms with Gasteiger partial charge in [-0.2, -0.15) is 0 Å². The number of rotatable bonds is 2. The maximum atomic E-state index is 11.8. The van der Waals surface area contributed by atoms with Gasteiger partial charge in [-0.3, -0.25) is 4.79 Å². The topological polar surface area (TPSA) is 34.9 Å². The quantitative estimate of drug-likeness (QED) is 0.790. The van der Waals surface area contributed by atoms with Crippen molar-refractivity contribution < 1.29 is 0 Å². The number of hydrogen-bond acceptors (Lipinski definition) is 2. The summed E-state index contributed by atoms with van der Waals surface area (Å²) >= 11 is 14.9. The van der Waals surface area contributed by atoms with E-state index < -0.39 is 0 Å². The molecule has 2 heterocycles. The van der Waals surface area contributed by atoms with E-state index in [0.717, 1.165) is 5.56 Å². The third-order valence-corrected chi connectivity index (χ3v) is 3.37. The lowest BCUT2D eigenvalue weighted by atomic mass is 10.3. The van der Waals surface area contributed by atoms with Crippen molar-refractivity contribution in [2.24, 2.45) is 0 Å². The van der Waals surface area contributed by atoms with E-state index in [1.165, 1.54) is 0 Å². The third kappa shape index (κ3) is 2.89. The standard InChI is InChI=1S/C11H7BrCl2N2O/c12-8-2-1-3-16(11(8)17)6-7-5-15-10(14)4-9(7)13/h1-5H,6H2. The Morgan fingerprint density at radius 2 is 2.18 bits per heavy atom. The monoisotopic (exact) mass is 332 g/mol. The molecule has 88 valence electrons. The van der Waals surface area contributed by atoms with Crippen LogP contribution in [0.1, 0.15) is 5.56 Å². The van der Waals surface area contributed by atoms with E-state index in [0.29, 0.717) is 21.2 Å². The molecule has 17 heavy (non-hydrogen) atoms. The second kappa shape index (κ2) is 5.21. The van der Waals surface area contributed by atoms with Gasteiger partial charge in [-0.05, 0) is 34.1 Å². The molecule has 2 aromatic heterocycles. The number of pyridine rings is 2. The zero-order chi connectivity index (χ0) is 12.4. The molecule has 0 amide bonds. The van der Waals surface area contributed by atoms with Gasteiger partial charge in [-0.1, -0.05) is 23.2 Å². The SMILES string of the molecule is O=c1c(Br)cccn1Cc1cnc(Cl)cc1Cl. The van der Waals surface area contributed by atoms with Crippen molar-refractivity contribution in [3.05, 3.63) is 61.2 Å². The minimum Gasteiger partial charge on any atom is -0.310 e. The summed E-state index contributed by atoms with van der Waals surface area (Å²) in [4.78, 5) is 15.7. The molecule has 0 atom stereocenters. The van der Waals surface area contributed by atoms with E-state index in [9.17, 15) is 4.79 Å². The fourth-order valence-corrected chi connectivity index (χ4v) is 2.17. The summed E-state index contributed by atoms with van der Waals surface area (Å²) in [5.41, 5.74) is 0.634. The van der Waals surface area contributed by atoms with Gasteiger partial charge < -0.3 is 4.57 Å². The predicted octanol–water partition coefficient (Wildman–Crippen LogP) is 3.36. The van der Waals surface area contributed by atoms with Crippen molar-refractivity contribution >= 4 is 39.1 Å². The molecule has 0 saturated heterocycles. The van der Waals surface area contributed by atoms with Crippen LogP contribution < -0.4 is 5.56 Å². The van der Waals surface area contributed by atoms with E-state index >= 15 is 0 Å². The van der Waals surface area contributed by atoms with Crippen LogP contribution in [0.25, 0.3) is 0 Å². The first kappa shape index (κ1) is 12.6. The first-order chi connectivity index (χ1) is 8.08. The molecule has 0 spiro atoms. The Labute approximate surface area is 116 Å². The van der Waals surface area contributed by atoms with Gasteiger partial charge in [0.1, 0.15) is 5.15 Å². The summed E-state index contributed by atoms with van der Waals surface area (Å²) in [6, 6.07) is 5.03. The third-order valence-electron chi connectivity index (χ3n) is 2.21. The summed E-state index contributed by atoms with van der Waals surface area (Å²) in [5, 5.41) is 0.831. The highest BCUT2D eigenvalue weighted by Gasteiger charge is 2.05. The summed E-state index contributed by atoms with van der Waals surface area (Å²) in [6.45, 7) is 0.362. The Balaban J connectivity index is 2.38. The Hall–Kier alpha value is -0.840. The van der Waals surface area contributed by atoms with Gasteiger partial charge in [0.2, 0.25) is 0 Å². The Kier molecular flexibility index (Phi) is 3.86. The van der Waals surface area contributed by atoms with Gasteiger partial charge in [0, 0.05) is 18.0 Å². The molecule has 0 unspecified atom stereocenters. The highest BCUT2D eigenvalue weighted by Crippen LogP contribution is 2.19. The molecular weight excluding hydrogens is 327 g/mol. The molecule has 0 N–H and O–H groups in total. The fraction of sp³-hybridized carbons (Fsp3) is 0.0909. The van der Waals surface area contributed by atoms with E-state index in [2.05, 4.69) is 20.9 Å². The lowest BCUT2D eigenvalue weighted by Gasteiger charge is -2.07. The smallest absolute Gasteiger partial charge is 0.265 e. The Morgan fingerprint density at radius 3 is 2.88 bits per heavy atom. The maximum absolute atomic E-state index is 11.8. The van der Waals surface area contributed by atoms with Gasteiger partial charge >= 0.3 is 0 Å². The minimum absolute atomic E-state index is 0.112. The molecule has 0 aliphatic heterocycles. The molecule has 0 aliphatic rings. The molecule has 0 aromatic carbocycles. The number of hydrogen-bond donors (Lipinski definition) is 0. The van der Waals surface area contributed by atoms with Crippen LogP contribution in [0.3, 0.4) is 0 Å². The van der Waals surface area contributed by atoms with Crippen LogP contribution >= 0.6 is 39.1 Å². The van der Waals surface area contributed by atoms with E-state index in [1.807, 2.05) is 0 Å². The molecule has 0 fully saturated rings. The second-order valence-electron chi connectivity index (χ2n) is 3.39. The molecule has 0 bridgehead atoms. The average molecular weight is 334 g/mol. The fourth-order valence-electron chi connectivity index (χ4n) is 1.37. The minimum atomic E-state index is -0.112. The molecule has 2 rings (SSSR count).